The van der Waals surface area contributed by atoms with E-state index in [2.05, 4.69) is 27.0 Å². The number of carbonyl (C=O) groups excluding carboxylic acids is 3. The van der Waals surface area contributed by atoms with Gasteiger partial charge in [-0.1, -0.05) is 41.9 Å². The summed E-state index contributed by atoms with van der Waals surface area (Å²) in [6.07, 6.45) is 1.70. The van der Waals surface area contributed by atoms with Crippen LogP contribution in [0, 0.1) is 5.92 Å². The molecule has 0 spiro atoms. The van der Waals surface area contributed by atoms with Gasteiger partial charge in [0.2, 0.25) is 5.91 Å². The van der Waals surface area contributed by atoms with Gasteiger partial charge >= 0.3 is 12.1 Å². The van der Waals surface area contributed by atoms with Gasteiger partial charge in [0, 0.05) is 43.5 Å². The Kier molecular flexibility index (Phi) is 12.0. The molecule has 1 fully saturated rings. The van der Waals surface area contributed by atoms with E-state index in [1.165, 1.54) is 0 Å². The van der Waals surface area contributed by atoms with Gasteiger partial charge in [-0.3, -0.25) is 9.69 Å². The van der Waals surface area contributed by atoms with E-state index in [9.17, 15) is 14.4 Å². The van der Waals surface area contributed by atoms with E-state index < -0.39 is 18.0 Å². The molecule has 2 N–H and O–H groups in total. The number of benzene rings is 2. The second-order valence-electron chi connectivity index (χ2n) is 10.6. The number of amides is 2. The summed E-state index contributed by atoms with van der Waals surface area (Å²) >= 11 is 12.6. The third-order valence-electron chi connectivity index (χ3n) is 7.33. The molecule has 2 aromatic rings. The van der Waals surface area contributed by atoms with Gasteiger partial charge in [-0.2, -0.15) is 0 Å². The van der Waals surface area contributed by atoms with Gasteiger partial charge in [0.15, 0.2) is 0 Å². The second kappa shape index (κ2) is 15.8. The topological polar surface area (TPSA) is 109 Å². The fraction of sp³-hybridized carbons (Fsp3) is 0.452. The molecule has 2 aromatic carbocycles. The molecule has 10 nitrogen and oxygen atoms in total. The fourth-order valence-electron chi connectivity index (χ4n) is 4.89. The molecule has 2 aliphatic rings. The highest BCUT2D eigenvalue weighted by atomic mass is 35.5. The number of esters is 1. The lowest BCUT2D eigenvalue weighted by molar-refractivity contribution is -0.138. The van der Waals surface area contributed by atoms with Crippen molar-refractivity contribution in [1.82, 2.24) is 10.2 Å². The number of rotatable bonds is 13. The van der Waals surface area contributed by atoms with Crippen molar-refractivity contribution < 1.29 is 28.6 Å². The molecule has 2 aliphatic heterocycles. The number of anilines is 2. The van der Waals surface area contributed by atoms with E-state index in [0.717, 1.165) is 56.8 Å². The van der Waals surface area contributed by atoms with Gasteiger partial charge in [-0.25, -0.2) is 9.59 Å². The molecule has 0 bridgehead atoms. The zero-order valence-electron chi connectivity index (χ0n) is 24.3. The van der Waals surface area contributed by atoms with Crippen molar-refractivity contribution in [3.8, 4) is 5.75 Å². The molecule has 0 aromatic heterocycles. The molecule has 232 valence electrons. The van der Waals surface area contributed by atoms with Crippen molar-refractivity contribution in [2.45, 2.75) is 26.2 Å². The number of hydrogen-bond donors (Lipinski definition) is 2. The van der Waals surface area contributed by atoms with Crippen molar-refractivity contribution >= 4 is 52.5 Å². The van der Waals surface area contributed by atoms with Crippen molar-refractivity contribution in [2.24, 2.45) is 5.92 Å². The Morgan fingerprint density at radius 1 is 1.07 bits per heavy atom. The van der Waals surface area contributed by atoms with Crippen LogP contribution in [0.15, 0.2) is 48.6 Å². The molecular weight excluding hydrogens is 595 g/mol. The number of fused-ring (bicyclic) bond motifs is 1. The summed E-state index contributed by atoms with van der Waals surface area (Å²) in [6.45, 7) is 10.4. The Labute approximate surface area is 262 Å². The quantitative estimate of drug-likeness (QED) is 0.182. The van der Waals surface area contributed by atoms with E-state index in [0.29, 0.717) is 34.5 Å². The van der Waals surface area contributed by atoms with E-state index in [1.807, 2.05) is 30.3 Å². The van der Waals surface area contributed by atoms with Crippen LogP contribution in [0.5, 0.6) is 5.75 Å². The molecular formula is C31H38Cl2N4O6. The molecule has 2 amide bonds. The molecule has 4 rings (SSSR count). The lowest BCUT2D eigenvalue weighted by Gasteiger charge is -2.36. The Hall–Kier alpha value is -3.47. The largest absolute Gasteiger partial charge is 0.494 e. The van der Waals surface area contributed by atoms with Crippen LogP contribution in [0.1, 0.15) is 25.3 Å². The highest BCUT2D eigenvalue weighted by molar-refractivity contribution is 6.43. The number of nitrogens with one attached hydrogen (secondary N) is 2. The van der Waals surface area contributed by atoms with Gasteiger partial charge in [0.1, 0.15) is 19.0 Å². The van der Waals surface area contributed by atoms with E-state index >= 15 is 0 Å². The van der Waals surface area contributed by atoms with E-state index in [4.69, 9.17) is 37.4 Å². The number of alkyl carbamates (subject to hydrolysis) is 1. The summed E-state index contributed by atoms with van der Waals surface area (Å²) in [4.78, 5) is 40.6. The average Bonchev–Trinajstić information content (AvgIpc) is 2.99. The average molecular weight is 634 g/mol. The van der Waals surface area contributed by atoms with Gasteiger partial charge in [0.05, 0.1) is 34.8 Å². The van der Waals surface area contributed by atoms with Crippen LogP contribution in [-0.2, 0) is 25.5 Å². The molecule has 2 heterocycles. The van der Waals surface area contributed by atoms with Crippen molar-refractivity contribution in [3.05, 3.63) is 64.2 Å². The maximum absolute atomic E-state index is 12.6. The Morgan fingerprint density at radius 3 is 2.63 bits per heavy atom. The number of ether oxygens (including phenoxy) is 3. The number of unbranched alkanes of at least 4 members (excludes halogenated alkanes) is 1. The smallest absolute Gasteiger partial charge is 0.407 e. The minimum Gasteiger partial charge on any atom is -0.494 e. The molecule has 0 radical (unpaired) electrons. The van der Waals surface area contributed by atoms with Crippen LogP contribution in [0.4, 0.5) is 16.2 Å². The third kappa shape index (κ3) is 9.51. The number of halogens is 2. The molecule has 0 saturated carbocycles. The zero-order valence-corrected chi connectivity index (χ0v) is 25.8. The summed E-state index contributed by atoms with van der Waals surface area (Å²) in [6, 6.07) is 11.4. The van der Waals surface area contributed by atoms with Crippen LogP contribution < -0.4 is 20.3 Å². The Bertz CT molecular complexity index is 1320. The number of nitrogens with zero attached hydrogens (tertiary/aromatic N) is 2. The van der Waals surface area contributed by atoms with Gasteiger partial charge < -0.3 is 29.7 Å². The summed E-state index contributed by atoms with van der Waals surface area (Å²) < 4.78 is 16.1. The monoisotopic (exact) mass is 632 g/mol. The highest BCUT2D eigenvalue weighted by Gasteiger charge is 2.28. The minimum absolute atomic E-state index is 0.00141. The normalized spacial score (nSPS) is 16.6. The lowest BCUT2D eigenvalue weighted by atomic mass is 9.94. The van der Waals surface area contributed by atoms with Crippen LogP contribution in [0.2, 0.25) is 10.0 Å². The van der Waals surface area contributed by atoms with Gasteiger partial charge in [-0.05, 0) is 56.5 Å². The van der Waals surface area contributed by atoms with Crippen LogP contribution in [0.25, 0.3) is 0 Å². The zero-order chi connectivity index (χ0) is 30.8. The fourth-order valence-corrected chi connectivity index (χ4v) is 5.31. The standard InChI is InChI=1S/C31H38Cl2N4O6/c1-21(2)30(39)42-17-10-34-31(40)43-20-23-18-22-8-9-24(19-26(22)35-29(23)38)41-16-4-3-11-36-12-14-37(15-13-36)27-7-5-6-25(32)28(27)33/h5-9,19,23H,1,3-4,10-18,20H2,2H3,(H,34,40)(H,35,38). The number of piperazine rings is 1. The summed E-state index contributed by atoms with van der Waals surface area (Å²) in [7, 11) is 0. The van der Waals surface area contributed by atoms with E-state index in [1.54, 1.807) is 13.0 Å². The first kappa shape index (κ1) is 32.4. The number of carbonyl (C=O) groups is 3. The SMILES string of the molecule is C=C(C)C(=O)OCCNC(=O)OCC1Cc2ccc(OCCCCN3CCN(c4cccc(Cl)c4Cl)CC3)cc2NC1=O. The van der Waals surface area contributed by atoms with Crippen molar-refractivity contribution in [3.63, 3.8) is 0 Å². The van der Waals surface area contributed by atoms with Crippen molar-refractivity contribution in [2.75, 3.05) is 69.3 Å². The molecule has 1 atom stereocenters. The van der Waals surface area contributed by atoms with Crippen LogP contribution in [0.3, 0.4) is 0 Å². The summed E-state index contributed by atoms with van der Waals surface area (Å²) in [5.41, 5.74) is 2.93. The first-order chi connectivity index (χ1) is 20.7. The van der Waals surface area contributed by atoms with Gasteiger partial charge in [-0.15, -0.1) is 0 Å². The van der Waals surface area contributed by atoms with Crippen LogP contribution >= 0.6 is 23.2 Å². The Balaban J connectivity index is 1.11. The second-order valence-corrected chi connectivity index (χ2v) is 11.4. The maximum atomic E-state index is 12.6. The van der Waals surface area contributed by atoms with Gasteiger partial charge in [0.25, 0.3) is 0 Å². The minimum atomic E-state index is -0.682. The predicted molar refractivity (Wildman–Crippen MR) is 167 cm³/mol. The third-order valence-corrected chi connectivity index (χ3v) is 8.14. The molecule has 1 saturated heterocycles. The first-order valence-corrected chi connectivity index (χ1v) is 15.2. The molecule has 1 unspecified atom stereocenters. The molecule has 43 heavy (non-hydrogen) atoms. The lowest BCUT2D eigenvalue weighted by Crippen LogP contribution is -2.46. The summed E-state index contributed by atoms with van der Waals surface area (Å²) in [5.74, 6) is -0.544. The van der Waals surface area contributed by atoms with Crippen LogP contribution in [-0.4, -0.2) is 82.0 Å². The first-order valence-electron chi connectivity index (χ1n) is 14.4. The Morgan fingerprint density at radius 2 is 1.86 bits per heavy atom. The molecule has 12 heteroatoms. The maximum Gasteiger partial charge on any atom is 0.407 e. The summed E-state index contributed by atoms with van der Waals surface area (Å²) in [5, 5.41) is 6.58. The molecule has 0 aliphatic carbocycles. The van der Waals surface area contributed by atoms with E-state index in [-0.39, 0.29) is 31.2 Å². The highest BCUT2D eigenvalue weighted by Crippen LogP contribution is 2.33. The number of hydrogen-bond acceptors (Lipinski definition) is 8. The van der Waals surface area contributed by atoms with Crippen molar-refractivity contribution in [1.29, 1.82) is 0 Å². The predicted octanol–water partition coefficient (Wildman–Crippen LogP) is 4.93.